The van der Waals surface area contributed by atoms with Crippen molar-refractivity contribution in [2.24, 2.45) is 0 Å². The first kappa shape index (κ1) is 20.0. The lowest BCUT2D eigenvalue weighted by atomic mass is 10.1. The molecule has 8 nitrogen and oxygen atoms in total. The number of hydrogen-bond acceptors (Lipinski definition) is 5. The number of aromatic nitrogens is 2. The van der Waals surface area contributed by atoms with E-state index < -0.39 is 5.97 Å². The number of carboxylic acids is 1. The van der Waals surface area contributed by atoms with Gasteiger partial charge in [-0.3, -0.25) is 14.5 Å². The van der Waals surface area contributed by atoms with Gasteiger partial charge in [-0.1, -0.05) is 18.2 Å². The predicted molar refractivity (Wildman–Crippen MR) is 104 cm³/mol. The van der Waals surface area contributed by atoms with Crippen LogP contribution in [-0.4, -0.2) is 82.5 Å². The second-order valence-corrected chi connectivity index (χ2v) is 7.18. The summed E-state index contributed by atoms with van der Waals surface area (Å²) in [5, 5.41) is 13.3. The quantitative estimate of drug-likeness (QED) is 0.806. The molecule has 28 heavy (non-hydrogen) atoms. The summed E-state index contributed by atoms with van der Waals surface area (Å²) < 4.78 is 7.51. The van der Waals surface area contributed by atoms with Crippen LogP contribution in [0, 0.1) is 13.8 Å². The first-order chi connectivity index (χ1) is 13.4. The number of rotatable bonds is 6. The van der Waals surface area contributed by atoms with Gasteiger partial charge in [-0.05, 0) is 32.5 Å². The van der Waals surface area contributed by atoms with Crippen LogP contribution in [0.25, 0.3) is 5.69 Å². The fraction of sp³-hybridized carbons (Fsp3) is 0.450. The molecule has 0 saturated carbocycles. The van der Waals surface area contributed by atoms with Crippen molar-refractivity contribution in [3.63, 3.8) is 0 Å². The van der Waals surface area contributed by atoms with Crippen molar-refractivity contribution in [1.82, 2.24) is 19.6 Å². The van der Waals surface area contributed by atoms with Gasteiger partial charge in [0, 0.05) is 19.6 Å². The van der Waals surface area contributed by atoms with Crippen LogP contribution in [0.1, 0.15) is 21.6 Å². The summed E-state index contributed by atoms with van der Waals surface area (Å²) in [6.07, 6.45) is 1.40. The lowest BCUT2D eigenvalue weighted by Crippen LogP contribution is -2.49. The van der Waals surface area contributed by atoms with Gasteiger partial charge in [0.15, 0.2) is 0 Å². The highest BCUT2D eigenvalue weighted by molar-refractivity contribution is 5.95. The second-order valence-electron chi connectivity index (χ2n) is 7.18. The van der Waals surface area contributed by atoms with Crippen LogP contribution in [0.5, 0.6) is 0 Å². The molecule has 1 N–H and O–H groups in total. The summed E-state index contributed by atoms with van der Waals surface area (Å²) in [5.41, 5.74) is 3.41. The molecule has 2 heterocycles. The van der Waals surface area contributed by atoms with Crippen LogP contribution in [0.4, 0.5) is 0 Å². The minimum Gasteiger partial charge on any atom is -0.480 e. The van der Waals surface area contributed by atoms with Crippen molar-refractivity contribution in [1.29, 1.82) is 0 Å². The van der Waals surface area contributed by atoms with Crippen molar-refractivity contribution < 1.29 is 19.4 Å². The number of aryl methyl sites for hydroxylation is 1. The Morgan fingerprint density at radius 2 is 2.07 bits per heavy atom. The third-order valence-electron chi connectivity index (χ3n) is 4.93. The van der Waals surface area contributed by atoms with Crippen molar-refractivity contribution in [2.75, 3.05) is 39.8 Å². The summed E-state index contributed by atoms with van der Waals surface area (Å²) in [5.74, 6) is -0.961. The van der Waals surface area contributed by atoms with Crippen LogP contribution >= 0.6 is 0 Å². The topological polar surface area (TPSA) is 87.9 Å². The van der Waals surface area contributed by atoms with Crippen LogP contribution in [0.15, 0.2) is 30.5 Å². The van der Waals surface area contributed by atoms with E-state index in [-0.39, 0.29) is 18.6 Å². The van der Waals surface area contributed by atoms with Crippen LogP contribution in [0.3, 0.4) is 0 Å². The number of amides is 1. The van der Waals surface area contributed by atoms with Crippen molar-refractivity contribution >= 4 is 11.9 Å². The largest absolute Gasteiger partial charge is 0.480 e. The number of para-hydroxylation sites is 1. The Kier molecular flexibility index (Phi) is 6.11. The Morgan fingerprint density at radius 1 is 1.32 bits per heavy atom. The molecule has 2 aromatic rings. The van der Waals surface area contributed by atoms with E-state index in [4.69, 9.17) is 9.84 Å². The van der Waals surface area contributed by atoms with Crippen LogP contribution in [-0.2, 0) is 9.53 Å². The highest BCUT2D eigenvalue weighted by Crippen LogP contribution is 2.19. The zero-order valence-electron chi connectivity index (χ0n) is 16.5. The summed E-state index contributed by atoms with van der Waals surface area (Å²) in [4.78, 5) is 27.3. The fourth-order valence-corrected chi connectivity index (χ4v) is 3.49. The van der Waals surface area contributed by atoms with Crippen LogP contribution in [0.2, 0.25) is 0 Å². The summed E-state index contributed by atoms with van der Waals surface area (Å²) >= 11 is 0. The van der Waals surface area contributed by atoms with Gasteiger partial charge >= 0.3 is 5.97 Å². The van der Waals surface area contributed by atoms with Gasteiger partial charge in [-0.15, -0.1) is 0 Å². The van der Waals surface area contributed by atoms with Gasteiger partial charge in [0.05, 0.1) is 42.4 Å². The molecule has 1 atom stereocenters. The van der Waals surface area contributed by atoms with Gasteiger partial charge in [-0.25, -0.2) is 4.68 Å². The van der Waals surface area contributed by atoms with Gasteiger partial charge in [0.25, 0.3) is 5.91 Å². The third kappa shape index (κ3) is 4.40. The smallest absolute Gasteiger partial charge is 0.317 e. The van der Waals surface area contributed by atoms with Crippen LogP contribution < -0.4 is 0 Å². The Morgan fingerprint density at radius 3 is 2.79 bits per heavy atom. The fourth-order valence-electron chi connectivity index (χ4n) is 3.49. The molecule has 0 aliphatic carbocycles. The number of carbonyl (C=O) groups is 2. The highest BCUT2D eigenvalue weighted by Gasteiger charge is 2.28. The first-order valence-electron chi connectivity index (χ1n) is 9.28. The molecule has 3 rings (SSSR count). The van der Waals surface area contributed by atoms with Gasteiger partial charge in [-0.2, -0.15) is 5.10 Å². The molecule has 1 unspecified atom stereocenters. The molecule has 1 amide bonds. The molecule has 0 radical (unpaired) electrons. The number of nitrogens with zero attached hydrogens (tertiary/aromatic N) is 4. The Balaban J connectivity index is 1.72. The number of aliphatic carboxylic acids is 1. The summed E-state index contributed by atoms with van der Waals surface area (Å²) in [6, 6.07) is 7.91. The lowest BCUT2D eigenvalue weighted by molar-refractivity contribution is -0.138. The molecule has 1 saturated heterocycles. The lowest BCUT2D eigenvalue weighted by Gasteiger charge is -2.34. The standard InChI is InChI=1S/C20H26N4O4/c1-14-6-4-5-7-18(14)24-15(2)17(10-21-24)20(27)23-8-9-28-16(12-23)11-22(3)13-19(25)26/h4-7,10,16H,8-9,11-13H2,1-3H3,(H,25,26). The zero-order chi connectivity index (χ0) is 20.3. The molecular formula is C20H26N4O4. The number of ether oxygens (including phenoxy) is 1. The Hall–Kier alpha value is -2.71. The van der Waals surface area contributed by atoms with E-state index in [9.17, 15) is 9.59 Å². The monoisotopic (exact) mass is 386 g/mol. The minimum absolute atomic E-state index is 0.0594. The maximum Gasteiger partial charge on any atom is 0.317 e. The maximum absolute atomic E-state index is 13.1. The van der Waals surface area contributed by atoms with E-state index in [0.29, 0.717) is 31.8 Å². The second kappa shape index (κ2) is 8.53. The maximum atomic E-state index is 13.1. The number of benzene rings is 1. The van der Waals surface area contributed by atoms with E-state index >= 15 is 0 Å². The third-order valence-corrected chi connectivity index (χ3v) is 4.93. The molecule has 1 aliphatic rings. The molecule has 8 heteroatoms. The Labute approximate surface area is 164 Å². The van der Waals surface area contributed by atoms with Crippen molar-refractivity contribution in [3.8, 4) is 5.69 Å². The number of carbonyl (C=O) groups excluding carboxylic acids is 1. The minimum atomic E-state index is -0.884. The number of likely N-dealkylation sites (N-methyl/N-ethyl adjacent to an activating group) is 1. The SMILES string of the molecule is Cc1ccccc1-n1ncc(C(=O)N2CCOC(CN(C)CC(=O)O)C2)c1C. The van der Waals surface area contributed by atoms with Crippen molar-refractivity contribution in [3.05, 3.63) is 47.3 Å². The van der Waals surface area contributed by atoms with E-state index in [1.165, 1.54) is 0 Å². The molecule has 0 bridgehead atoms. The first-order valence-corrected chi connectivity index (χ1v) is 9.28. The molecule has 1 aromatic heterocycles. The number of hydrogen-bond donors (Lipinski definition) is 1. The van der Waals surface area contributed by atoms with E-state index in [1.54, 1.807) is 27.7 Å². The zero-order valence-corrected chi connectivity index (χ0v) is 16.5. The Bertz CT molecular complexity index is 864. The van der Waals surface area contributed by atoms with Crippen molar-refractivity contribution in [2.45, 2.75) is 20.0 Å². The van der Waals surface area contributed by atoms with Gasteiger partial charge in [0.1, 0.15) is 0 Å². The van der Waals surface area contributed by atoms with Gasteiger partial charge < -0.3 is 14.7 Å². The molecule has 0 spiro atoms. The van der Waals surface area contributed by atoms with E-state index in [0.717, 1.165) is 16.9 Å². The van der Waals surface area contributed by atoms with Gasteiger partial charge in [0.2, 0.25) is 0 Å². The molecular weight excluding hydrogens is 360 g/mol. The summed E-state index contributed by atoms with van der Waals surface area (Å²) in [7, 11) is 1.73. The average molecular weight is 386 g/mol. The van der Waals surface area contributed by atoms with E-state index in [1.807, 2.05) is 38.1 Å². The predicted octanol–water partition coefficient (Wildman–Crippen LogP) is 1.35. The normalized spacial score (nSPS) is 17.1. The summed E-state index contributed by atoms with van der Waals surface area (Å²) in [6.45, 7) is 5.67. The molecule has 1 fully saturated rings. The highest BCUT2D eigenvalue weighted by atomic mass is 16.5. The average Bonchev–Trinajstić information content (AvgIpc) is 3.02. The van der Waals surface area contributed by atoms with E-state index in [2.05, 4.69) is 5.10 Å². The molecule has 1 aliphatic heterocycles. The number of carboxylic acid groups (broad SMARTS) is 1. The molecule has 150 valence electrons. The number of morpholine rings is 1. The molecule has 1 aromatic carbocycles.